The van der Waals surface area contributed by atoms with Gasteiger partial charge >= 0.3 is 0 Å². The van der Waals surface area contributed by atoms with Crippen LogP contribution in [0.25, 0.3) is 21.7 Å². The highest BCUT2D eigenvalue weighted by atomic mass is 79.9. The summed E-state index contributed by atoms with van der Waals surface area (Å²) >= 11 is 9.51. The van der Waals surface area contributed by atoms with Gasteiger partial charge in [0.25, 0.3) is 0 Å². The van der Waals surface area contributed by atoms with Crippen molar-refractivity contribution in [2.24, 2.45) is 0 Å². The monoisotopic (exact) mass is 534 g/mol. The third-order valence-electron chi connectivity index (χ3n) is 5.31. The summed E-state index contributed by atoms with van der Waals surface area (Å²) in [7, 11) is -3.66. The van der Waals surface area contributed by atoms with Crippen LogP contribution >= 0.6 is 27.5 Å². The van der Waals surface area contributed by atoms with Gasteiger partial charge in [-0.1, -0.05) is 51.8 Å². The molecule has 0 spiro atoms. The minimum absolute atomic E-state index is 0.264. The predicted molar refractivity (Wildman–Crippen MR) is 135 cm³/mol. The Kier molecular flexibility index (Phi) is 7.40. The first-order valence-electron chi connectivity index (χ1n) is 10.5. The lowest BCUT2D eigenvalue weighted by Gasteiger charge is -2.13. The van der Waals surface area contributed by atoms with Gasteiger partial charge in [0, 0.05) is 44.8 Å². The second-order valence-electron chi connectivity index (χ2n) is 7.50. The summed E-state index contributed by atoms with van der Waals surface area (Å²) in [6.45, 7) is 0.909. The number of aromatic amines is 1. The number of sulfonamides is 1. The molecule has 0 fully saturated rings. The number of nitrogens with one attached hydrogen (secondary N) is 2. The summed E-state index contributed by atoms with van der Waals surface area (Å²) in [4.78, 5) is 3.49. The molecular weight excluding hydrogens is 512 g/mol. The SMILES string of the molecule is O=S(=O)(NCCCc1c[nH]c2ccc(Cl)cc12)c1ccc(OCCCBr)c2ccccc12. The highest BCUT2D eigenvalue weighted by molar-refractivity contribution is 9.09. The molecule has 0 unspecified atom stereocenters. The van der Waals surface area contributed by atoms with Crippen LogP contribution in [-0.4, -0.2) is 31.9 Å². The maximum Gasteiger partial charge on any atom is 0.241 e. The average molecular weight is 536 g/mol. The molecule has 168 valence electrons. The van der Waals surface area contributed by atoms with Crippen molar-refractivity contribution >= 4 is 59.2 Å². The zero-order valence-corrected chi connectivity index (χ0v) is 20.6. The third-order valence-corrected chi connectivity index (χ3v) is 7.63. The number of halogens is 2. The number of aromatic nitrogens is 1. The Hall–Kier alpha value is -2.06. The van der Waals surface area contributed by atoms with Crippen molar-refractivity contribution in [1.29, 1.82) is 0 Å². The molecule has 5 nitrogen and oxygen atoms in total. The van der Waals surface area contributed by atoms with Crippen molar-refractivity contribution in [1.82, 2.24) is 9.71 Å². The second kappa shape index (κ2) is 10.3. The van der Waals surface area contributed by atoms with Crippen LogP contribution in [0.2, 0.25) is 5.02 Å². The van der Waals surface area contributed by atoms with Gasteiger partial charge < -0.3 is 9.72 Å². The topological polar surface area (TPSA) is 71.2 Å². The highest BCUT2D eigenvalue weighted by Gasteiger charge is 2.18. The van der Waals surface area contributed by atoms with E-state index in [4.69, 9.17) is 16.3 Å². The van der Waals surface area contributed by atoms with Gasteiger partial charge in [0.1, 0.15) is 5.75 Å². The van der Waals surface area contributed by atoms with E-state index in [-0.39, 0.29) is 4.90 Å². The summed E-state index contributed by atoms with van der Waals surface area (Å²) in [6, 6.07) is 16.5. The standard InChI is InChI=1S/C24H24BrClN2O3S/c25-12-4-14-31-23-10-11-24(20-7-2-1-6-19(20)23)32(29,30)28-13-3-5-17-16-27-22-9-8-18(26)15-21(17)22/h1-2,6-11,15-16,27-28H,3-5,12-14H2. The molecule has 8 heteroatoms. The van der Waals surface area contributed by atoms with E-state index in [1.807, 2.05) is 48.7 Å². The first-order valence-corrected chi connectivity index (χ1v) is 13.4. The largest absolute Gasteiger partial charge is 0.493 e. The molecule has 0 aliphatic carbocycles. The fraction of sp³-hybridized carbons (Fsp3) is 0.250. The van der Waals surface area contributed by atoms with Crippen molar-refractivity contribution in [3.8, 4) is 5.75 Å². The van der Waals surface area contributed by atoms with Crippen molar-refractivity contribution in [3.63, 3.8) is 0 Å². The molecule has 4 rings (SSSR count). The Morgan fingerprint density at radius 1 is 1.00 bits per heavy atom. The van der Waals surface area contributed by atoms with Gasteiger partial charge in [-0.3, -0.25) is 0 Å². The third kappa shape index (κ3) is 5.12. The molecule has 1 aromatic heterocycles. The Morgan fingerprint density at radius 2 is 1.81 bits per heavy atom. The van der Waals surface area contributed by atoms with E-state index in [0.717, 1.165) is 40.0 Å². The number of aryl methyl sites for hydroxylation is 1. The fourth-order valence-electron chi connectivity index (χ4n) is 3.76. The fourth-order valence-corrected chi connectivity index (χ4v) is 5.45. The smallest absolute Gasteiger partial charge is 0.241 e. The molecule has 0 saturated heterocycles. The minimum Gasteiger partial charge on any atom is -0.493 e. The van der Waals surface area contributed by atoms with Gasteiger partial charge in [0.2, 0.25) is 10.0 Å². The van der Waals surface area contributed by atoms with Crippen molar-refractivity contribution in [2.45, 2.75) is 24.2 Å². The molecule has 0 aliphatic heterocycles. The molecule has 32 heavy (non-hydrogen) atoms. The lowest BCUT2D eigenvalue weighted by Crippen LogP contribution is -2.25. The molecule has 0 bridgehead atoms. The maximum atomic E-state index is 13.1. The van der Waals surface area contributed by atoms with Gasteiger partial charge in [-0.05, 0) is 55.2 Å². The van der Waals surface area contributed by atoms with Gasteiger partial charge in [0.05, 0.1) is 11.5 Å². The molecule has 2 N–H and O–H groups in total. The van der Waals surface area contributed by atoms with Gasteiger partial charge in [-0.15, -0.1) is 0 Å². The first-order chi connectivity index (χ1) is 15.5. The molecule has 1 heterocycles. The van der Waals surface area contributed by atoms with Crippen LogP contribution in [-0.2, 0) is 16.4 Å². The average Bonchev–Trinajstić information content (AvgIpc) is 3.19. The van der Waals surface area contributed by atoms with Crippen LogP contribution in [0.5, 0.6) is 5.75 Å². The Morgan fingerprint density at radius 3 is 2.62 bits per heavy atom. The molecule has 0 amide bonds. The van der Waals surface area contributed by atoms with E-state index in [1.54, 1.807) is 12.1 Å². The quantitative estimate of drug-likeness (QED) is 0.192. The lowest BCUT2D eigenvalue weighted by atomic mass is 10.1. The summed E-state index contributed by atoms with van der Waals surface area (Å²) < 4.78 is 34.7. The number of rotatable bonds is 10. The number of alkyl halides is 1. The van der Waals surface area contributed by atoms with E-state index in [0.29, 0.717) is 35.7 Å². The number of ether oxygens (including phenoxy) is 1. The molecule has 0 saturated carbocycles. The van der Waals surface area contributed by atoms with Crippen molar-refractivity contribution in [3.05, 3.63) is 71.4 Å². The molecule has 0 atom stereocenters. The van der Waals surface area contributed by atoms with E-state index >= 15 is 0 Å². The summed E-state index contributed by atoms with van der Waals surface area (Å²) in [5, 5.41) is 4.06. The summed E-state index contributed by atoms with van der Waals surface area (Å²) in [5.74, 6) is 0.693. The van der Waals surface area contributed by atoms with Crippen LogP contribution < -0.4 is 9.46 Å². The zero-order chi connectivity index (χ0) is 22.6. The predicted octanol–water partition coefficient (Wildman–Crippen LogP) is 6.05. The number of fused-ring (bicyclic) bond motifs is 2. The van der Waals surface area contributed by atoms with E-state index < -0.39 is 10.0 Å². The minimum atomic E-state index is -3.66. The maximum absolute atomic E-state index is 13.1. The lowest BCUT2D eigenvalue weighted by molar-refractivity contribution is 0.322. The molecular formula is C24H24BrClN2O3S. The zero-order valence-electron chi connectivity index (χ0n) is 17.4. The Labute approximate surface area is 201 Å². The second-order valence-corrected chi connectivity index (χ2v) is 10.5. The van der Waals surface area contributed by atoms with Gasteiger partial charge in [-0.2, -0.15) is 0 Å². The molecule has 0 aliphatic rings. The van der Waals surface area contributed by atoms with E-state index in [9.17, 15) is 8.42 Å². The van der Waals surface area contributed by atoms with E-state index in [2.05, 4.69) is 25.6 Å². The Balaban J connectivity index is 1.46. The van der Waals surface area contributed by atoms with Crippen LogP contribution in [0.1, 0.15) is 18.4 Å². The van der Waals surface area contributed by atoms with Crippen LogP contribution in [0, 0.1) is 0 Å². The first kappa shape index (κ1) is 23.1. The highest BCUT2D eigenvalue weighted by Crippen LogP contribution is 2.31. The molecule has 0 radical (unpaired) electrons. The van der Waals surface area contributed by atoms with Crippen molar-refractivity contribution in [2.75, 3.05) is 18.5 Å². The normalized spacial score (nSPS) is 11.9. The number of hydrogen-bond donors (Lipinski definition) is 2. The number of hydrogen-bond acceptors (Lipinski definition) is 3. The van der Waals surface area contributed by atoms with E-state index in [1.165, 1.54) is 0 Å². The van der Waals surface area contributed by atoms with Gasteiger partial charge in [-0.25, -0.2) is 13.1 Å². The molecule has 3 aromatic carbocycles. The van der Waals surface area contributed by atoms with Crippen molar-refractivity contribution < 1.29 is 13.2 Å². The van der Waals surface area contributed by atoms with Crippen LogP contribution in [0.15, 0.2) is 65.7 Å². The number of benzene rings is 3. The van der Waals surface area contributed by atoms with Gasteiger partial charge in [0.15, 0.2) is 0 Å². The summed E-state index contributed by atoms with van der Waals surface area (Å²) in [5.41, 5.74) is 2.15. The Bertz CT molecular complexity index is 1340. The number of H-pyrrole nitrogens is 1. The van der Waals surface area contributed by atoms with Crippen LogP contribution in [0.4, 0.5) is 0 Å². The molecule has 4 aromatic rings. The summed E-state index contributed by atoms with van der Waals surface area (Å²) in [6.07, 6.45) is 4.24. The van der Waals surface area contributed by atoms with Crippen LogP contribution in [0.3, 0.4) is 0 Å².